The van der Waals surface area contributed by atoms with E-state index in [1.54, 1.807) is 6.20 Å². The van der Waals surface area contributed by atoms with Gasteiger partial charge in [-0.3, -0.25) is 14.9 Å². The van der Waals surface area contributed by atoms with Crippen LogP contribution in [0.15, 0.2) is 55.0 Å². The number of nitrogens with zero attached hydrogens (tertiary/aromatic N) is 4. The number of nitrogens with one attached hydrogen (secondary N) is 2. The molecular weight excluding hydrogens is 364 g/mol. The summed E-state index contributed by atoms with van der Waals surface area (Å²) in [5.41, 5.74) is 5.27. The number of pyridine rings is 2. The van der Waals surface area contributed by atoms with Gasteiger partial charge in [0, 0.05) is 36.1 Å². The van der Waals surface area contributed by atoms with E-state index in [2.05, 4.69) is 36.4 Å². The molecule has 0 fully saturated rings. The highest BCUT2D eigenvalue weighted by Gasteiger charge is 2.16. The summed E-state index contributed by atoms with van der Waals surface area (Å²) in [6, 6.07) is 11.7. The zero-order valence-corrected chi connectivity index (χ0v) is 16.6. The summed E-state index contributed by atoms with van der Waals surface area (Å²) in [7, 11) is 4.05. The lowest BCUT2D eigenvalue weighted by Gasteiger charge is -2.10. The second-order valence-electron chi connectivity index (χ2n) is 7.32. The van der Waals surface area contributed by atoms with E-state index in [4.69, 9.17) is 0 Å². The van der Waals surface area contributed by atoms with Crippen molar-refractivity contribution in [2.45, 2.75) is 13.5 Å². The average Bonchev–Trinajstić information content (AvgIpc) is 3.11. The number of hydrogen-bond donors (Lipinski definition) is 2. The molecule has 3 heterocycles. The number of anilines is 1. The zero-order chi connectivity index (χ0) is 20.4. The van der Waals surface area contributed by atoms with E-state index in [9.17, 15) is 4.79 Å². The van der Waals surface area contributed by atoms with Gasteiger partial charge < -0.3 is 10.2 Å². The summed E-state index contributed by atoms with van der Waals surface area (Å²) in [6.07, 6.45) is 5.36. The third-order valence-electron chi connectivity index (χ3n) is 4.56. The predicted octanol–water partition coefficient (Wildman–Crippen LogP) is 3.64. The molecule has 7 nitrogen and oxygen atoms in total. The van der Waals surface area contributed by atoms with Gasteiger partial charge in [0.05, 0.1) is 5.52 Å². The third-order valence-corrected chi connectivity index (χ3v) is 4.56. The highest BCUT2D eigenvalue weighted by atomic mass is 16.2. The molecule has 0 radical (unpaired) electrons. The van der Waals surface area contributed by atoms with Gasteiger partial charge in [-0.2, -0.15) is 5.10 Å². The van der Waals surface area contributed by atoms with Crippen molar-refractivity contribution in [1.29, 1.82) is 0 Å². The van der Waals surface area contributed by atoms with Gasteiger partial charge in [-0.05, 0) is 68.0 Å². The fourth-order valence-electron chi connectivity index (χ4n) is 3.24. The molecule has 1 amide bonds. The number of aromatic nitrogens is 4. The molecule has 0 bridgehead atoms. The largest absolute Gasteiger partial charge is 0.305 e. The van der Waals surface area contributed by atoms with Crippen LogP contribution in [-0.2, 0) is 6.54 Å². The number of hydrogen-bond acceptors (Lipinski definition) is 5. The van der Waals surface area contributed by atoms with Gasteiger partial charge >= 0.3 is 0 Å². The van der Waals surface area contributed by atoms with Crippen LogP contribution in [0.5, 0.6) is 0 Å². The fraction of sp³-hybridized carbons (Fsp3) is 0.182. The Balaban J connectivity index is 1.67. The third kappa shape index (κ3) is 4.14. The number of amides is 1. The summed E-state index contributed by atoms with van der Waals surface area (Å²) in [5, 5.41) is 10.7. The molecule has 0 aliphatic carbocycles. The molecule has 2 N–H and O–H groups in total. The number of H-pyrrole nitrogens is 1. The van der Waals surface area contributed by atoms with Gasteiger partial charge in [-0.25, -0.2) is 4.98 Å². The molecule has 0 saturated heterocycles. The standard InChI is InChI=1S/C22H22N6O/c1-14-6-7-24-20(8-14)25-22(29)21-18-10-16(4-5-19(18)26-27-21)17-9-15(11-23-12-17)13-28(2)3/h4-12H,13H2,1-3H3,(H,26,27)(H,24,25,29). The van der Waals surface area contributed by atoms with Gasteiger partial charge in [-0.1, -0.05) is 6.07 Å². The molecule has 0 unspecified atom stereocenters. The van der Waals surface area contributed by atoms with Gasteiger partial charge in [0.25, 0.3) is 5.91 Å². The van der Waals surface area contributed by atoms with Crippen molar-refractivity contribution < 1.29 is 4.79 Å². The first kappa shape index (κ1) is 18.8. The molecule has 0 atom stereocenters. The first-order chi connectivity index (χ1) is 14.0. The molecule has 0 aliphatic rings. The molecule has 4 aromatic rings. The van der Waals surface area contributed by atoms with E-state index in [0.717, 1.165) is 39.7 Å². The van der Waals surface area contributed by atoms with Crippen LogP contribution in [0, 0.1) is 6.92 Å². The Morgan fingerprint density at radius 1 is 1.10 bits per heavy atom. The Hall–Kier alpha value is -3.58. The van der Waals surface area contributed by atoms with Crippen LogP contribution in [0.25, 0.3) is 22.0 Å². The van der Waals surface area contributed by atoms with Crippen molar-refractivity contribution in [2.24, 2.45) is 0 Å². The number of fused-ring (bicyclic) bond motifs is 1. The van der Waals surface area contributed by atoms with E-state index in [-0.39, 0.29) is 5.91 Å². The first-order valence-corrected chi connectivity index (χ1v) is 9.31. The van der Waals surface area contributed by atoms with Crippen molar-refractivity contribution in [3.63, 3.8) is 0 Å². The molecule has 3 aromatic heterocycles. The summed E-state index contributed by atoms with van der Waals surface area (Å²) < 4.78 is 0. The van der Waals surface area contributed by atoms with E-state index < -0.39 is 0 Å². The molecule has 1 aromatic carbocycles. The Bertz CT molecular complexity index is 1180. The number of rotatable bonds is 5. The van der Waals surface area contributed by atoms with Crippen LogP contribution in [-0.4, -0.2) is 45.1 Å². The fourth-order valence-corrected chi connectivity index (χ4v) is 3.24. The van der Waals surface area contributed by atoms with Crippen LogP contribution in [0.3, 0.4) is 0 Å². The van der Waals surface area contributed by atoms with Crippen molar-refractivity contribution in [3.8, 4) is 11.1 Å². The van der Waals surface area contributed by atoms with E-state index in [1.165, 1.54) is 0 Å². The van der Waals surface area contributed by atoms with Crippen molar-refractivity contribution in [1.82, 2.24) is 25.1 Å². The van der Waals surface area contributed by atoms with Crippen molar-refractivity contribution in [2.75, 3.05) is 19.4 Å². The molecule has 7 heteroatoms. The summed E-state index contributed by atoms with van der Waals surface area (Å²) in [6.45, 7) is 2.76. The van der Waals surface area contributed by atoms with Crippen LogP contribution in [0.4, 0.5) is 5.82 Å². The summed E-state index contributed by atoms with van der Waals surface area (Å²) in [4.78, 5) is 23.4. The van der Waals surface area contributed by atoms with Crippen LogP contribution in [0.1, 0.15) is 21.6 Å². The smallest absolute Gasteiger partial charge is 0.277 e. The molecule has 146 valence electrons. The summed E-state index contributed by atoms with van der Waals surface area (Å²) >= 11 is 0. The highest BCUT2D eigenvalue weighted by Crippen LogP contribution is 2.26. The van der Waals surface area contributed by atoms with Gasteiger partial charge in [-0.15, -0.1) is 0 Å². The molecule has 4 rings (SSSR count). The second-order valence-corrected chi connectivity index (χ2v) is 7.32. The maximum absolute atomic E-state index is 12.8. The van der Waals surface area contributed by atoms with Crippen molar-refractivity contribution in [3.05, 3.63) is 71.8 Å². The number of aryl methyl sites for hydroxylation is 1. The Morgan fingerprint density at radius 3 is 2.76 bits per heavy atom. The number of aromatic amines is 1. The minimum atomic E-state index is -0.300. The molecule has 0 saturated carbocycles. The number of carbonyl (C=O) groups excluding carboxylic acids is 1. The van der Waals surface area contributed by atoms with Gasteiger partial charge in [0.15, 0.2) is 5.69 Å². The quantitative estimate of drug-likeness (QED) is 0.547. The van der Waals surface area contributed by atoms with E-state index >= 15 is 0 Å². The lowest BCUT2D eigenvalue weighted by Crippen LogP contribution is -2.13. The minimum absolute atomic E-state index is 0.300. The Morgan fingerprint density at radius 2 is 1.97 bits per heavy atom. The van der Waals surface area contributed by atoms with Crippen LogP contribution >= 0.6 is 0 Å². The number of benzene rings is 1. The topological polar surface area (TPSA) is 86.8 Å². The monoisotopic (exact) mass is 386 g/mol. The highest BCUT2D eigenvalue weighted by molar-refractivity contribution is 6.11. The number of carbonyl (C=O) groups is 1. The molecular formula is C22H22N6O. The SMILES string of the molecule is Cc1ccnc(NC(=O)c2n[nH]c3ccc(-c4cncc(CN(C)C)c4)cc23)c1. The van der Waals surface area contributed by atoms with Crippen LogP contribution in [0.2, 0.25) is 0 Å². The minimum Gasteiger partial charge on any atom is -0.305 e. The lowest BCUT2D eigenvalue weighted by atomic mass is 10.0. The van der Waals surface area contributed by atoms with Gasteiger partial charge in [0.1, 0.15) is 5.82 Å². The average molecular weight is 386 g/mol. The molecule has 29 heavy (non-hydrogen) atoms. The van der Waals surface area contributed by atoms with Crippen LogP contribution < -0.4 is 5.32 Å². The summed E-state index contributed by atoms with van der Waals surface area (Å²) in [5.74, 6) is 0.203. The first-order valence-electron chi connectivity index (χ1n) is 9.31. The lowest BCUT2D eigenvalue weighted by molar-refractivity contribution is 0.102. The maximum atomic E-state index is 12.8. The van der Waals surface area contributed by atoms with Crippen molar-refractivity contribution >= 4 is 22.6 Å². The normalized spacial score (nSPS) is 11.2. The zero-order valence-electron chi connectivity index (χ0n) is 16.6. The second kappa shape index (κ2) is 7.81. The van der Waals surface area contributed by atoms with Gasteiger partial charge in [0.2, 0.25) is 0 Å². The maximum Gasteiger partial charge on any atom is 0.277 e. The predicted molar refractivity (Wildman–Crippen MR) is 114 cm³/mol. The Kier molecular flexibility index (Phi) is 5.05. The molecule has 0 aliphatic heterocycles. The van der Waals surface area contributed by atoms with E-state index in [0.29, 0.717) is 11.5 Å². The van der Waals surface area contributed by atoms with E-state index in [1.807, 2.05) is 63.7 Å². The molecule has 0 spiro atoms. The Labute approximate surface area is 168 Å².